The highest BCUT2D eigenvalue weighted by Gasteiger charge is 2.26. The number of nitrogens with one attached hydrogen (secondary N) is 2. The van der Waals surface area contributed by atoms with E-state index in [-0.39, 0.29) is 5.95 Å². The van der Waals surface area contributed by atoms with Gasteiger partial charge < -0.3 is 16.0 Å². The lowest BCUT2D eigenvalue weighted by Gasteiger charge is -2.31. The molecule has 3 aromatic rings. The molecule has 2 atom stereocenters. The molecule has 1 fully saturated rings. The van der Waals surface area contributed by atoms with Crippen molar-refractivity contribution >= 4 is 28.4 Å². The number of rotatable bonds is 4. The van der Waals surface area contributed by atoms with Gasteiger partial charge in [-0.1, -0.05) is 44.2 Å². The number of nitrogens with two attached hydrogens (primary N) is 1. The van der Waals surface area contributed by atoms with Crippen LogP contribution in [0.1, 0.15) is 26.1 Å². The number of likely N-dealkylation sites (tertiary alicyclic amines) is 1. The maximum absolute atomic E-state index is 5.95. The summed E-state index contributed by atoms with van der Waals surface area (Å²) in [5, 5.41) is 5.66. The summed E-state index contributed by atoms with van der Waals surface area (Å²) in [6.07, 6.45) is 1.30. The number of aromatic nitrogens is 3. The number of fused-ring (bicyclic) bond motifs is 1. The quantitative estimate of drug-likeness (QED) is 0.663. The van der Waals surface area contributed by atoms with E-state index in [9.17, 15) is 0 Å². The van der Waals surface area contributed by atoms with Crippen molar-refractivity contribution in [2.45, 2.75) is 26.8 Å². The summed E-state index contributed by atoms with van der Waals surface area (Å²) in [5.41, 5.74) is 6.89. The molecule has 1 aromatic heterocycles. The molecule has 1 aliphatic heterocycles. The van der Waals surface area contributed by atoms with Gasteiger partial charge in [-0.05, 0) is 29.3 Å². The summed E-state index contributed by atoms with van der Waals surface area (Å²) in [5.74, 6) is 2.99. The molecule has 2 heterocycles. The number of quaternary nitrogens is 1. The van der Waals surface area contributed by atoms with Gasteiger partial charge >= 0.3 is 0 Å². The zero-order chi connectivity index (χ0) is 18.8. The second-order valence-corrected chi connectivity index (χ2v) is 7.90. The van der Waals surface area contributed by atoms with Crippen molar-refractivity contribution in [2.75, 3.05) is 24.1 Å². The van der Waals surface area contributed by atoms with Gasteiger partial charge in [0.15, 0.2) is 5.82 Å². The Labute approximate surface area is 159 Å². The van der Waals surface area contributed by atoms with Gasteiger partial charge in [-0.3, -0.25) is 0 Å². The maximum Gasteiger partial charge on any atom is 0.232 e. The van der Waals surface area contributed by atoms with E-state index in [0.717, 1.165) is 43.0 Å². The van der Waals surface area contributed by atoms with Crippen molar-refractivity contribution < 1.29 is 4.90 Å². The summed E-state index contributed by atoms with van der Waals surface area (Å²) in [6.45, 7) is 7.74. The Hall–Kier alpha value is -2.73. The highest BCUT2D eigenvalue weighted by Crippen LogP contribution is 2.21. The Morgan fingerprint density at radius 3 is 2.52 bits per heavy atom. The Bertz CT molecular complexity index is 931. The smallest absolute Gasteiger partial charge is 0.232 e. The van der Waals surface area contributed by atoms with Gasteiger partial charge in [0.1, 0.15) is 6.54 Å². The third-order valence-corrected chi connectivity index (χ3v) is 5.19. The van der Waals surface area contributed by atoms with Crippen LogP contribution in [-0.4, -0.2) is 28.0 Å². The highest BCUT2D eigenvalue weighted by molar-refractivity contribution is 5.86. The van der Waals surface area contributed by atoms with Crippen molar-refractivity contribution in [1.82, 2.24) is 15.0 Å². The summed E-state index contributed by atoms with van der Waals surface area (Å²) in [6, 6.07) is 14.5. The molecule has 140 valence electrons. The Morgan fingerprint density at radius 1 is 1.00 bits per heavy atom. The average Bonchev–Trinajstić information content (AvgIpc) is 2.60. The molecule has 2 aromatic carbocycles. The lowest BCUT2D eigenvalue weighted by atomic mass is 9.92. The van der Waals surface area contributed by atoms with Crippen molar-refractivity contribution in [1.29, 1.82) is 0 Å². The van der Waals surface area contributed by atoms with Crippen LogP contribution in [0.15, 0.2) is 42.5 Å². The molecular weight excluding hydrogens is 336 g/mol. The number of hydrogen-bond acceptors (Lipinski definition) is 5. The van der Waals surface area contributed by atoms with E-state index in [4.69, 9.17) is 5.73 Å². The van der Waals surface area contributed by atoms with Crippen molar-refractivity contribution in [3.05, 3.63) is 48.3 Å². The van der Waals surface area contributed by atoms with E-state index >= 15 is 0 Å². The molecule has 0 aliphatic carbocycles. The molecule has 1 aliphatic rings. The van der Waals surface area contributed by atoms with Gasteiger partial charge in [-0.25, -0.2) is 0 Å². The molecule has 0 unspecified atom stereocenters. The van der Waals surface area contributed by atoms with Crippen LogP contribution in [0.4, 0.5) is 17.6 Å². The van der Waals surface area contributed by atoms with Crippen molar-refractivity contribution in [3.8, 4) is 0 Å². The minimum absolute atomic E-state index is 0.265. The standard InChI is InChI=1S/C21H26N6/c1-14-9-15(2)12-27(11-14)13-19-24-20(22)26-21(25-19)23-18-8-7-16-5-3-4-6-17(16)10-18/h3-8,10,14-15H,9,11-13H2,1-2H3,(H3,22,23,24,25,26)/p+1/t14-,15-/m1/s1. The van der Waals surface area contributed by atoms with Crippen LogP contribution in [0.3, 0.4) is 0 Å². The molecule has 0 radical (unpaired) electrons. The largest absolute Gasteiger partial charge is 0.368 e. The minimum Gasteiger partial charge on any atom is -0.368 e. The molecule has 27 heavy (non-hydrogen) atoms. The molecular formula is C21H27N6+. The first-order valence-corrected chi connectivity index (χ1v) is 9.65. The number of nitrogen functional groups attached to an aromatic ring is 1. The number of nitrogens with zero attached hydrogens (tertiary/aromatic N) is 3. The lowest BCUT2D eigenvalue weighted by molar-refractivity contribution is -0.926. The molecule has 0 spiro atoms. The number of anilines is 3. The fourth-order valence-corrected chi connectivity index (χ4v) is 4.26. The summed E-state index contributed by atoms with van der Waals surface area (Å²) in [7, 11) is 0. The van der Waals surface area contributed by atoms with Gasteiger partial charge in [0.2, 0.25) is 11.9 Å². The topological polar surface area (TPSA) is 81.2 Å². The zero-order valence-electron chi connectivity index (χ0n) is 15.9. The average molecular weight is 363 g/mol. The van der Waals surface area contributed by atoms with E-state index in [1.54, 1.807) is 0 Å². The predicted molar refractivity (Wildman–Crippen MR) is 109 cm³/mol. The van der Waals surface area contributed by atoms with Crippen molar-refractivity contribution in [3.63, 3.8) is 0 Å². The van der Waals surface area contributed by atoms with E-state index < -0.39 is 0 Å². The third kappa shape index (κ3) is 4.34. The third-order valence-electron chi connectivity index (χ3n) is 5.19. The Kier molecular flexibility index (Phi) is 4.90. The number of piperidine rings is 1. The van der Waals surface area contributed by atoms with Crippen LogP contribution >= 0.6 is 0 Å². The summed E-state index contributed by atoms with van der Waals surface area (Å²) >= 11 is 0. The molecule has 6 nitrogen and oxygen atoms in total. The van der Waals surface area contributed by atoms with E-state index in [1.807, 2.05) is 18.2 Å². The monoisotopic (exact) mass is 363 g/mol. The normalized spacial score (nSPS) is 22.7. The zero-order valence-corrected chi connectivity index (χ0v) is 15.9. The van der Waals surface area contributed by atoms with Crippen LogP contribution in [0.2, 0.25) is 0 Å². The molecule has 0 bridgehead atoms. The van der Waals surface area contributed by atoms with Crippen LogP contribution < -0.4 is 16.0 Å². The first kappa shape index (κ1) is 17.7. The second-order valence-electron chi connectivity index (χ2n) is 7.90. The van der Waals surface area contributed by atoms with Gasteiger partial charge in [-0.15, -0.1) is 0 Å². The van der Waals surface area contributed by atoms with E-state index in [2.05, 4.69) is 58.4 Å². The summed E-state index contributed by atoms with van der Waals surface area (Å²) in [4.78, 5) is 14.8. The SMILES string of the molecule is C[C@@H]1C[C@@H](C)C[NH+](Cc2nc(N)nc(Nc3ccc4ccccc4c3)n2)C1. The van der Waals surface area contributed by atoms with Gasteiger partial charge in [0.25, 0.3) is 0 Å². The predicted octanol–water partition coefficient (Wildman–Crippen LogP) is 2.41. The fourth-order valence-electron chi connectivity index (χ4n) is 4.26. The lowest BCUT2D eigenvalue weighted by Crippen LogP contribution is -3.13. The molecule has 0 saturated carbocycles. The van der Waals surface area contributed by atoms with Gasteiger partial charge in [-0.2, -0.15) is 15.0 Å². The second kappa shape index (κ2) is 7.48. The first-order chi connectivity index (χ1) is 13.0. The highest BCUT2D eigenvalue weighted by atomic mass is 15.2. The minimum atomic E-state index is 0.265. The fraction of sp³-hybridized carbons (Fsp3) is 0.381. The van der Waals surface area contributed by atoms with Gasteiger partial charge in [0, 0.05) is 17.5 Å². The van der Waals surface area contributed by atoms with E-state index in [0.29, 0.717) is 5.95 Å². The van der Waals surface area contributed by atoms with Crippen LogP contribution in [0.25, 0.3) is 10.8 Å². The van der Waals surface area contributed by atoms with Gasteiger partial charge in [0.05, 0.1) is 13.1 Å². The molecule has 0 amide bonds. The van der Waals surface area contributed by atoms with Crippen LogP contribution in [0.5, 0.6) is 0 Å². The summed E-state index contributed by atoms with van der Waals surface area (Å²) < 4.78 is 0. The molecule has 4 rings (SSSR count). The first-order valence-electron chi connectivity index (χ1n) is 9.65. The maximum atomic E-state index is 5.95. The van der Waals surface area contributed by atoms with Crippen LogP contribution in [-0.2, 0) is 6.54 Å². The Balaban J connectivity index is 1.52. The number of hydrogen-bond donors (Lipinski definition) is 3. The van der Waals surface area contributed by atoms with Crippen molar-refractivity contribution in [2.24, 2.45) is 11.8 Å². The number of benzene rings is 2. The van der Waals surface area contributed by atoms with Crippen LogP contribution in [0, 0.1) is 11.8 Å². The molecule has 1 saturated heterocycles. The molecule has 6 heteroatoms. The molecule has 4 N–H and O–H groups in total. The Morgan fingerprint density at radius 2 is 1.74 bits per heavy atom. The van der Waals surface area contributed by atoms with E-state index in [1.165, 1.54) is 22.1 Å².